The Balaban J connectivity index is 1.71. The number of carbonyl (C=O) groups is 2. The highest BCUT2D eigenvalue weighted by molar-refractivity contribution is 7.90. The highest BCUT2D eigenvalue weighted by Gasteiger charge is 2.45. The summed E-state index contributed by atoms with van der Waals surface area (Å²) in [6, 6.07) is 11.9. The number of carbonyl (C=O) groups excluding carboxylic acids is 2. The van der Waals surface area contributed by atoms with Crippen molar-refractivity contribution < 1.29 is 51.2 Å². The van der Waals surface area contributed by atoms with Gasteiger partial charge in [0.15, 0.2) is 12.6 Å². The van der Waals surface area contributed by atoms with Gasteiger partial charge in [0.1, 0.15) is 45.2 Å². The Bertz CT molecular complexity index is 1550. The molecular formula is C35H44O11S. The summed E-state index contributed by atoms with van der Waals surface area (Å²) in [5, 5.41) is 0. The molecular weight excluding hydrogens is 628 g/mol. The lowest BCUT2D eigenvalue weighted by Gasteiger charge is -2.25. The van der Waals surface area contributed by atoms with Crippen molar-refractivity contribution in [1.29, 1.82) is 0 Å². The van der Waals surface area contributed by atoms with Gasteiger partial charge in [-0.15, -0.1) is 0 Å². The molecule has 11 nitrogen and oxygen atoms in total. The average Bonchev–Trinajstić information content (AvgIpc) is 3.33. The van der Waals surface area contributed by atoms with E-state index >= 15 is 0 Å². The molecule has 2 aliphatic rings. The summed E-state index contributed by atoms with van der Waals surface area (Å²) in [6.07, 6.45) is 6.44. The Morgan fingerprint density at radius 2 is 1.79 bits per heavy atom. The van der Waals surface area contributed by atoms with E-state index < -0.39 is 52.0 Å². The Labute approximate surface area is 276 Å². The van der Waals surface area contributed by atoms with Gasteiger partial charge < -0.3 is 33.2 Å². The minimum absolute atomic E-state index is 0.0235. The van der Waals surface area contributed by atoms with Crippen LogP contribution in [0, 0.1) is 5.92 Å². The zero-order valence-corrected chi connectivity index (χ0v) is 28.5. The van der Waals surface area contributed by atoms with E-state index in [9.17, 15) is 18.0 Å². The molecule has 2 unspecified atom stereocenters. The molecule has 47 heavy (non-hydrogen) atoms. The predicted octanol–water partition coefficient (Wildman–Crippen LogP) is 5.38. The lowest BCUT2D eigenvalue weighted by Crippen LogP contribution is -2.37. The average molecular weight is 673 g/mol. The Morgan fingerprint density at radius 3 is 2.49 bits per heavy atom. The molecule has 0 bridgehead atoms. The van der Waals surface area contributed by atoms with Gasteiger partial charge in [0, 0.05) is 25.3 Å². The number of rotatable bonds is 10. The molecule has 256 valence electrons. The molecule has 12 heteroatoms. The van der Waals surface area contributed by atoms with Crippen LogP contribution in [-0.4, -0.2) is 83.1 Å². The van der Waals surface area contributed by atoms with Gasteiger partial charge in [-0.05, 0) is 63.5 Å². The second-order valence-corrected chi connectivity index (χ2v) is 14.4. The van der Waals surface area contributed by atoms with Gasteiger partial charge >= 0.3 is 11.9 Å². The lowest BCUT2D eigenvalue weighted by atomic mass is 9.98. The molecule has 2 aliphatic heterocycles. The van der Waals surface area contributed by atoms with Crippen LogP contribution in [0.4, 0.5) is 0 Å². The van der Waals surface area contributed by atoms with Crippen molar-refractivity contribution in [2.75, 3.05) is 32.5 Å². The first-order valence-corrected chi connectivity index (χ1v) is 17.6. The molecule has 0 aromatic heterocycles. The van der Waals surface area contributed by atoms with Crippen LogP contribution in [0.2, 0.25) is 0 Å². The zero-order chi connectivity index (χ0) is 34.2. The van der Waals surface area contributed by atoms with Gasteiger partial charge in [-0.3, -0.25) is 0 Å². The fraction of sp³-hybridized carbons (Fsp3) is 0.486. The Kier molecular flexibility index (Phi) is 12.2. The molecule has 0 saturated carbocycles. The summed E-state index contributed by atoms with van der Waals surface area (Å²) >= 11 is 0. The van der Waals surface area contributed by atoms with E-state index in [0.29, 0.717) is 23.3 Å². The third-order valence-corrected chi connectivity index (χ3v) is 8.70. The van der Waals surface area contributed by atoms with E-state index in [1.807, 2.05) is 25.1 Å². The van der Waals surface area contributed by atoms with Crippen LogP contribution in [0.3, 0.4) is 0 Å². The topological polar surface area (TPSA) is 133 Å². The number of ether oxygens (including phenoxy) is 7. The third kappa shape index (κ3) is 10.4. The van der Waals surface area contributed by atoms with E-state index in [1.54, 1.807) is 69.3 Å². The maximum absolute atomic E-state index is 13.7. The molecule has 0 aliphatic carbocycles. The van der Waals surface area contributed by atoms with Crippen molar-refractivity contribution in [2.24, 2.45) is 5.92 Å². The number of cyclic esters (lactones) is 1. The van der Waals surface area contributed by atoms with Crippen molar-refractivity contribution >= 4 is 27.9 Å². The molecule has 5 atom stereocenters. The number of methoxy groups -OCH3 is 1. The second kappa shape index (κ2) is 15.9. The minimum Gasteiger partial charge on any atom is -0.493 e. The number of esters is 2. The molecule has 0 N–H and O–H groups in total. The maximum Gasteiger partial charge on any atom is 0.342 e. The van der Waals surface area contributed by atoms with Crippen molar-refractivity contribution in [2.45, 2.75) is 70.7 Å². The monoisotopic (exact) mass is 672 g/mol. The number of benzene rings is 2. The lowest BCUT2D eigenvalue weighted by molar-refractivity contribution is -0.152. The van der Waals surface area contributed by atoms with Gasteiger partial charge in [-0.2, -0.15) is 0 Å². The Hall–Kier alpha value is -3.71. The van der Waals surface area contributed by atoms with Gasteiger partial charge in [0.25, 0.3) is 0 Å². The zero-order valence-electron chi connectivity index (χ0n) is 27.7. The van der Waals surface area contributed by atoms with Crippen LogP contribution in [0.5, 0.6) is 11.5 Å². The largest absolute Gasteiger partial charge is 0.493 e. The summed E-state index contributed by atoms with van der Waals surface area (Å²) in [5.41, 5.74) is 1.04. The molecule has 0 radical (unpaired) electrons. The third-order valence-electron chi connectivity index (χ3n) is 7.67. The van der Waals surface area contributed by atoms with Gasteiger partial charge in [0.05, 0.1) is 24.0 Å². The SMILES string of the molecule is COCOc1cc(OCCCS(C)(=O)=O)cc2c1C(=O)O[C@@H](C)[C@H](C)C=CC(OC(=O)c1ccccc1)C1OC(C)(C)O[C@H]1CC=C2. The molecule has 0 spiro atoms. The fourth-order valence-electron chi connectivity index (χ4n) is 5.20. The first kappa shape index (κ1) is 36.1. The van der Waals surface area contributed by atoms with Crippen LogP contribution >= 0.6 is 0 Å². The normalized spacial score (nSPS) is 24.4. The molecule has 0 amide bonds. The molecule has 1 fully saturated rings. The van der Waals surface area contributed by atoms with Crippen LogP contribution in [0.1, 0.15) is 66.8 Å². The van der Waals surface area contributed by atoms with Crippen molar-refractivity contribution in [3.8, 4) is 11.5 Å². The number of hydrogen-bond acceptors (Lipinski definition) is 11. The van der Waals surface area contributed by atoms with Crippen molar-refractivity contribution in [3.05, 3.63) is 77.4 Å². The first-order chi connectivity index (χ1) is 22.3. The van der Waals surface area contributed by atoms with E-state index in [-0.39, 0.29) is 42.8 Å². The molecule has 4 rings (SSSR count). The highest BCUT2D eigenvalue weighted by atomic mass is 32.2. The fourth-order valence-corrected chi connectivity index (χ4v) is 5.84. The van der Waals surface area contributed by atoms with E-state index in [1.165, 1.54) is 13.4 Å². The van der Waals surface area contributed by atoms with Crippen LogP contribution < -0.4 is 9.47 Å². The van der Waals surface area contributed by atoms with Crippen LogP contribution in [0.25, 0.3) is 6.08 Å². The second-order valence-electron chi connectivity index (χ2n) is 12.1. The van der Waals surface area contributed by atoms with E-state index in [0.717, 1.165) is 0 Å². The van der Waals surface area contributed by atoms with Gasteiger partial charge in [-0.25, -0.2) is 18.0 Å². The maximum atomic E-state index is 13.7. The molecule has 2 heterocycles. The summed E-state index contributed by atoms with van der Waals surface area (Å²) in [4.78, 5) is 26.9. The minimum atomic E-state index is -3.15. The van der Waals surface area contributed by atoms with E-state index in [4.69, 9.17) is 33.2 Å². The number of sulfone groups is 1. The van der Waals surface area contributed by atoms with Crippen molar-refractivity contribution in [1.82, 2.24) is 0 Å². The number of hydrogen-bond donors (Lipinski definition) is 0. The first-order valence-electron chi connectivity index (χ1n) is 15.5. The smallest absolute Gasteiger partial charge is 0.342 e. The summed E-state index contributed by atoms with van der Waals surface area (Å²) < 4.78 is 64.5. The Morgan fingerprint density at radius 1 is 1.04 bits per heavy atom. The van der Waals surface area contributed by atoms with Crippen LogP contribution in [0.15, 0.2) is 60.7 Å². The number of fused-ring (bicyclic) bond motifs is 2. The molecule has 2 aromatic rings. The predicted molar refractivity (Wildman–Crippen MR) is 175 cm³/mol. The molecule has 1 saturated heterocycles. The van der Waals surface area contributed by atoms with E-state index in [2.05, 4.69) is 0 Å². The van der Waals surface area contributed by atoms with Crippen LogP contribution in [-0.2, 0) is 33.5 Å². The standard InChI is InChI=1S/C35H44O11S/c1-23-16-17-28(44-33(36)25-12-8-7-9-13-25)32-29(45-35(3,4)46-32)15-10-14-26-20-27(41-18-11-19-47(6,38)39)21-30(42-22-40-5)31(26)34(37)43-24(23)2/h7-10,12-14,16-17,20-21,23-24,28-29,32H,11,15,18-19,22H2,1-6H3/t23-,24+,28?,29+,32?/m1/s1. The molecule has 2 aromatic carbocycles. The highest BCUT2D eigenvalue weighted by Crippen LogP contribution is 2.36. The van der Waals surface area contributed by atoms with Gasteiger partial charge in [0.2, 0.25) is 0 Å². The summed E-state index contributed by atoms with van der Waals surface area (Å²) in [5.74, 6) is -1.82. The quantitative estimate of drug-likeness (QED) is 0.139. The van der Waals surface area contributed by atoms with Crippen molar-refractivity contribution in [3.63, 3.8) is 0 Å². The van der Waals surface area contributed by atoms with Gasteiger partial charge in [-0.1, -0.05) is 43.4 Å². The summed E-state index contributed by atoms with van der Waals surface area (Å²) in [7, 11) is -1.68. The summed E-state index contributed by atoms with van der Waals surface area (Å²) in [6.45, 7) is 7.27.